The third-order valence-corrected chi connectivity index (χ3v) is 4.86. The maximum Gasteiger partial charge on any atom is 0.287 e. The van der Waals surface area contributed by atoms with Crippen molar-refractivity contribution in [1.82, 2.24) is 10.2 Å². The molecule has 2 aliphatic rings. The number of rotatable bonds is 3. The molecule has 0 spiro atoms. The molecule has 4 rings (SSSR count). The summed E-state index contributed by atoms with van der Waals surface area (Å²) in [6.07, 6.45) is 1.18. The van der Waals surface area contributed by atoms with Gasteiger partial charge in [0.05, 0.1) is 0 Å². The van der Waals surface area contributed by atoms with E-state index in [2.05, 4.69) is 10.2 Å². The van der Waals surface area contributed by atoms with E-state index >= 15 is 0 Å². The van der Waals surface area contributed by atoms with Crippen LogP contribution in [0.25, 0.3) is 11.3 Å². The van der Waals surface area contributed by atoms with Crippen molar-refractivity contribution >= 4 is 17.5 Å². The predicted octanol–water partition coefficient (Wildman–Crippen LogP) is 3.03. The number of nitrogens with one attached hydrogen (secondary N) is 1. The number of fused-ring (bicyclic) bond motifs is 2. The molecule has 4 nitrogen and oxygen atoms in total. The molecule has 1 aromatic carbocycles. The van der Waals surface area contributed by atoms with E-state index in [4.69, 9.17) is 16.0 Å². The fourth-order valence-electron chi connectivity index (χ4n) is 3.42. The van der Waals surface area contributed by atoms with Crippen molar-refractivity contribution in [3.8, 4) is 11.3 Å². The van der Waals surface area contributed by atoms with E-state index in [-0.39, 0.29) is 11.9 Å². The van der Waals surface area contributed by atoms with Crippen molar-refractivity contribution in [1.29, 1.82) is 0 Å². The first kappa shape index (κ1) is 13.9. The van der Waals surface area contributed by atoms with Gasteiger partial charge in [-0.05, 0) is 55.3 Å². The highest BCUT2D eigenvalue weighted by Crippen LogP contribution is 2.28. The minimum absolute atomic E-state index is 0.126. The molecule has 114 valence electrons. The Morgan fingerprint density at radius 3 is 2.68 bits per heavy atom. The third-order valence-electron chi connectivity index (χ3n) is 4.61. The van der Waals surface area contributed by atoms with Gasteiger partial charge in [0, 0.05) is 29.7 Å². The summed E-state index contributed by atoms with van der Waals surface area (Å²) in [6.45, 7) is 3.23. The lowest BCUT2D eigenvalue weighted by Gasteiger charge is -2.22. The zero-order valence-corrected chi connectivity index (χ0v) is 12.8. The predicted molar refractivity (Wildman–Crippen MR) is 85.0 cm³/mol. The quantitative estimate of drug-likeness (QED) is 0.946. The van der Waals surface area contributed by atoms with Gasteiger partial charge in [-0.1, -0.05) is 11.6 Å². The smallest absolute Gasteiger partial charge is 0.287 e. The fourth-order valence-corrected chi connectivity index (χ4v) is 3.54. The van der Waals surface area contributed by atoms with Gasteiger partial charge in [0.1, 0.15) is 5.76 Å². The first-order valence-corrected chi connectivity index (χ1v) is 7.96. The molecule has 2 bridgehead atoms. The van der Waals surface area contributed by atoms with Crippen LogP contribution in [0.1, 0.15) is 17.0 Å². The zero-order chi connectivity index (χ0) is 15.1. The molecule has 2 aromatic rings. The first-order chi connectivity index (χ1) is 10.7. The van der Waals surface area contributed by atoms with Crippen molar-refractivity contribution in [3.63, 3.8) is 0 Å². The van der Waals surface area contributed by atoms with E-state index in [0.717, 1.165) is 18.7 Å². The van der Waals surface area contributed by atoms with E-state index < -0.39 is 0 Å². The van der Waals surface area contributed by atoms with Gasteiger partial charge in [-0.2, -0.15) is 0 Å². The largest absolute Gasteiger partial charge is 0.451 e. The number of piperidine rings is 1. The highest BCUT2D eigenvalue weighted by molar-refractivity contribution is 6.30. The van der Waals surface area contributed by atoms with E-state index in [1.54, 1.807) is 6.07 Å². The Bertz CT molecular complexity index is 695. The number of amides is 1. The summed E-state index contributed by atoms with van der Waals surface area (Å²) in [5, 5.41) is 3.79. The topological polar surface area (TPSA) is 45.5 Å². The summed E-state index contributed by atoms with van der Waals surface area (Å²) in [6, 6.07) is 11.2. The molecule has 1 aromatic heterocycles. The molecule has 0 aliphatic carbocycles. The molecule has 0 saturated carbocycles. The number of carbonyl (C=O) groups excluding carboxylic acids is 1. The number of halogens is 1. The average molecular weight is 317 g/mol. The van der Waals surface area contributed by atoms with Crippen LogP contribution >= 0.6 is 11.6 Å². The van der Waals surface area contributed by atoms with Crippen molar-refractivity contribution in [2.45, 2.75) is 12.5 Å². The Morgan fingerprint density at radius 2 is 2.00 bits per heavy atom. The van der Waals surface area contributed by atoms with Gasteiger partial charge in [-0.15, -0.1) is 0 Å². The summed E-state index contributed by atoms with van der Waals surface area (Å²) in [4.78, 5) is 14.7. The van der Waals surface area contributed by atoms with Gasteiger partial charge in [0.25, 0.3) is 5.91 Å². The van der Waals surface area contributed by atoms with Crippen LogP contribution in [0.5, 0.6) is 0 Å². The van der Waals surface area contributed by atoms with Crippen LogP contribution in [0, 0.1) is 5.92 Å². The number of carbonyl (C=O) groups is 1. The number of furan rings is 1. The molecule has 2 fully saturated rings. The molecule has 3 heterocycles. The van der Waals surface area contributed by atoms with Crippen LogP contribution < -0.4 is 5.32 Å². The lowest BCUT2D eigenvalue weighted by molar-refractivity contribution is 0.0897. The van der Waals surface area contributed by atoms with E-state index in [0.29, 0.717) is 22.5 Å². The number of hydrogen-bond acceptors (Lipinski definition) is 3. The number of hydrogen-bond donors (Lipinski definition) is 1. The summed E-state index contributed by atoms with van der Waals surface area (Å²) < 4.78 is 5.69. The molecule has 5 heteroatoms. The normalized spacial score (nSPS) is 26.3. The second-order valence-corrected chi connectivity index (χ2v) is 6.50. The highest BCUT2D eigenvalue weighted by atomic mass is 35.5. The maximum atomic E-state index is 12.3. The molecule has 2 unspecified atom stereocenters. The Kier molecular flexibility index (Phi) is 3.43. The van der Waals surface area contributed by atoms with E-state index in [1.807, 2.05) is 30.3 Å². The number of benzene rings is 1. The molecule has 0 radical (unpaired) electrons. The monoisotopic (exact) mass is 316 g/mol. The van der Waals surface area contributed by atoms with Gasteiger partial charge in [0.2, 0.25) is 0 Å². The van der Waals surface area contributed by atoms with Crippen molar-refractivity contribution in [3.05, 3.63) is 47.2 Å². The van der Waals surface area contributed by atoms with E-state index in [1.165, 1.54) is 13.0 Å². The molecular formula is C17H17ClN2O2. The number of nitrogens with zero attached hydrogens (tertiary/aromatic N) is 1. The standard InChI is InChI=1S/C17H17ClN2O2/c18-13-3-1-11(2-4-13)15-5-6-16(22-15)17(21)19-14-10-20-8-7-12(14)9-20/h1-6,12,14H,7-10H2,(H,19,21)/t12-,14?/m0/s1. The second kappa shape index (κ2) is 5.45. The van der Waals surface area contributed by atoms with Gasteiger partial charge >= 0.3 is 0 Å². The highest BCUT2D eigenvalue weighted by Gasteiger charge is 2.38. The lowest BCUT2D eigenvalue weighted by Crippen LogP contribution is -2.43. The summed E-state index contributed by atoms with van der Waals surface area (Å²) in [7, 11) is 0. The molecule has 2 saturated heterocycles. The SMILES string of the molecule is O=C(NC1CN2CC[C@H]1C2)c1ccc(-c2ccc(Cl)cc2)o1. The maximum absolute atomic E-state index is 12.3. The molecule has 2 aliphatic heterocycles. The van der Waals surface area contributed by atoms with Crippen molar-refractivity contribution in [2.75, 3.05) is 19.6 Å². The Hall–Kier alpha value is -1.78. The molecular weight excluding hydrogens is 300 g/mol. The molecule has 3 atom stereocenters. The fraction of sp³-hybridized carbons (Fsp3) is 0.353. The minimum atomic E-state index is -0.126. The Labute approximate surface area is 134 Å². The van der Waals surface area contributed by atoms with Crippen molar-refractivity contribution < 1.29 is 9.21 Å². The molecule has 1 amide bonds. The van der Waals surface area contributed by atoms with Gasteiger partial charge < -0.3 is 14.6 Å². The first-order valence-electron chi connectivity index (χ1n) is 7.58. The van der Waals surface area contributed by atoms with Crippen molar-refractivity contribution in [2.24, 2.45) is 5.92 Å². The Morgan fingerprint density at radius 1 is 1.18 bits per heavy atom. The van der Waals surface area contributed by atoms with Gasteiger partial charge in [-0.3, -0.25) is 4.79 Å². The molecule has 1 N–H and O–H groups in total. The van der Waals surface area contributed by atoms with E-state index in [9.17, 15) is 4.79 Å². The van der Waals surface area contributed by atoms with Crippen LogP contribution in [0.15, 0.2) is 40.8 Å². The molecule has 22 heavy (non-hydrogen) atoms. The van der Waals surface area contributed by atoms with Crippen LogP contribution in [-0.4, -0.2) is 36.5 Å². The second-order valence-electron chi connectivity index (χ2n) is 6.06. The zero-order valence-electron chi connectivity index (χ0n) is 12.1. The average Bonchev–Trinajstić information content (AvgIpc) is 3.24. The summed E-state index contributed by atoms with van der Waals surface area (Å²) in [5.74, 6) is 1.51. The van der Waals surface area contributed by atoms with Crippen LogP contribution in [0.3, 0.4) is 0 Å². The third kappa shape index (κ3) is 2.53. The van der Waals surface area contributed by atoms with Gasteiger partial charge in [-0.25, -0.2) is 0 Å². The van der Waals surface area contributed by atoms with Gasteiger partial charge in [0.15, 0.2) is 5.76 Å². The lowest BCUT2D eigenvalue weighted by atomic mass is 10.00. The summed E-state index contributed by atoms with van der Waals surface area (Å²) in [5.41, 5.74) is 0.912. The van der Waals surface area contributed by atoms with Crippen LogP contribution in [0.2, 0.25) is 5.02 Å². The van der Waals surface area contributed by atoms with Crippen LogP contribution in [0.4, 0.5) is 0 Å². The minimum Gasteiger partial charge on any atom is -0.451 e. The van der Waals surface area contributed by atoms with Crippen LogP contribution in [-0.2, 0) is 0 Å². The summed E-state index contributed by atoms with van der Waals surface area (Å²) >= 11 is 5.88. The Balaban J connectivity index is 1.46.